The molecule has 3 nitrogen and oxygen atoms in total. The smallest absolute Gasteiger partial charge is 0.261 e. The molecule has 2 aromatic heterocycles. The monoisotopic (exact) mass is 336 g/mol. The van der Waals surface area contributed by atoms with Gasteiger partial charge in [-0.15, -0.1) is 11.3 Å². The Hall–Kier alpha value is -1.17. The summed E-state index contributed by atoms with van der Waals surface area (Å²) in [5.74, 6) is 0.0394. The van der Waals surface area contributed by atoms with Gasteiger partial charge in [0, 0.05) is 11.4 Å². The van der Waals surface area contributed by atoms with Gasteiger partial charge in [0.25, 0.3) is 5.91 Å². The Morgan fingerprint density at radius 1 is 1.41 bits per heavy atom. The van der Waals surface area contributed by atoms with Crippen LogP contribution in [0.1, 0.15) is 45.1 Å². The molecule has 0 spiro atoms. The van der Waals surface area contributed by atoms with Crippen molar-refractivity contribution < 1.29 is 4.79 Å². The van der Waals surface area contributed by atoms with E-state index in [1.807, 2.05) is 20.2 Å². The maximum Gasteiger partial charge on any atom is 0.261 e. The molecule has 2 heterocycles. The lowest BCUT2D eigenvalue weighted by Crippen LogP contribution is -2.34. The summed E-state index contributed by atoms with van der Waals surface area (Å²) in [5, 5.41) is 7.31. The van der Waals surface area contributed by atoms with E-state index in [0.29, 0.717) is 6.54 Å². The first-order valence-electron chi connectivity index (χ1n) is 7.59. The number of rotatable bonds is 7. The number of nitrogens with zero attached hydrogens (tertiary/aromatic N) is 1. The molecular weight excluding hydrogens is 312 g/mol. The summed E-state index contributed by atoms with van der Waals surface area (Å²) in [4.78, 5) is 16.6. The van der Waals surface area contributed by atoms with Crippen molar-refractivity contribution in [2.75, 3.05) is 20.6 Å². The lowest BCUT2D eigenvalue weighted by Gasteiger charge is -2.23. The van der Waals surface area contributed by atoms with Crippen LogP contribution < -0.4 is 5.32 Å². The van der Waals surface area contributed by atoms with Gasteiger partial charge in [-0.05, 0) is 61.5 Å². The fourth-order valence-corrected chi connectivity index (χ4v) is 4.18. The maximum absolute atomic E-state index is 12.4. The van der Waals surface area contributed by atoms with E-state index >= 15 is 0 Å². The predicted molar refractivity (Wildman–Crippen MR) is 96.1 cm³/mol. The Balaban J connectivity index is 2.01. The molecule has 0 aromatic carbocycles. The fraction of sp³-hybridized carbons (Fsp3) is 0.471. The van der Waals surface area contributed by atoms with Gasteiger partial charge in [0.15, 0.2) is 0 Å². The fourth-order valence-electron chi connectivity index (χ4n) is 2.49. The Bertz CT molecular complexity index is 602. The van der Waals surface area contributed by atoms with Crippen LogP contribution in [0.2, 0.25) is 0 Å². The zero-order chi connectivity index (χ0) is 16.1. The molecule has 2 aromatic rings. The van der Waals surface area contributed by atoms with E-state index < -0.39 is 0 Å². The Labute approximate surface area is 141 Å². The van der Waals surface area contributed by atoms with Gasteiger partial charge in [0.1, 0.15) is 0 Å². The molecule has 5 heteroatoms. The summed E-state index contributed by atoms with van der Waals surface area (Å²) in [6, 6.07) is 4.39. The van der Waals surface area contributed by atoms with Crippen LogP contribution in [0.25, 0.3) is 0 Å². The van der Waals surface area contributed by atoms with Crippen LogP contribution in [0.3, 0.4) is 0 Å². The minimum absolute atomic E-state index is 0.0394. The summed E-state index contributed by atoms with van der Waals surface area (Å²) >= 11 is 3.29. The largest absolute Gasteiger partial charge is 0.349 e. The van der Waals surface area contributed by atoms with Crippen molar-refractivity contribution in [3.05, 3.63) is 43.8 Å². The highest BCUT2D eigenvalue weighted by Crippen LogP contribution is 2.24. The Morgan fingerprint density at radius 2 is 2.18 bits per heavy atom. The van der Waals surface area contributed by atoms with Crippen LogP contribution >= 0.6 is 22.7 Å². The third-order valence-electron chi connectivity index (χ3n) is 3.77. The molecule has 0 bridgehead atoms. The number of nitrogens with one attached hydrogen (secondary N) is 1. The second-order valence-electron chi connectivity index (χ2n) is 5.69. The highest BCUT2D eigenvalue weighted by molar-refractivity contribution is 7.14. The minimum Gasteiger partial charge on any atom is -0.349 e. The molecule has 0 aliphatic rings. The molecule has 0 radical (unpaired) electrons. The summed E-state index contributed by atoms with van der Waals surface area (Å²) in [7, 11) is 4.09. The Morgan fingerprint density at radius 3 is 2.77 bits per heavy atom. The van der Waals surface area contributed by atoms with Gasteiger partial charge < -0.3 is 10.2 Å². The highest BCUT2D eigenvalue weighted by atomic mass is 32.1. The van der Waals surface area contributed by atoms with Crippen LogP contribution in [-0.4, -0.2) is 31.4 Å². The van der Waals surface area contributed by atoms with Gasteiger partial charge in [-0.25, -0.2) is 0 Å². The molecule has 22 heavy (non-hydrogen) atoms. The SMILES string of the molecule is CCCc1cc(C(=O)NCC(c2ccsc2)N(C)C)sc1C. The van der Waals surface area contributed by atoms with E-state index in [0.717, 1.165) is 17.7 Å². The second kappa shape index (κ2) is 7.90. The summed E-state index contributed by atoms with van der Waals surface area (Å²) < 4.78 is 0. The van der Waals surface area contributed by atoms with Crippen LogP contribution in [0.15, 0.2) is 22.9 Å². The van der Waals surface area contributed by atoms with Crippen molar-refractivity contribution in [3.8, 4) is 0 Å². The van der Waals surface area contributed by atoms with Crippen molar-refractivity contribution in [3.63, 3.8) is 0 Å². The van der Waals surface area contributed by atoms with E-state index in [1.165, 1.54) is 16.0 Å². The number of likely N-dealkylation sites (N-methyl/N-ethyl adjacent to an activating group) is 1. The van der Waals surface area contributed by atoms with Crippen LogP contribution in [0.5, 0.6) is 0 Å². The van der Waals surface area contributed by atoms with Crippen LogP contribution in [0, 0.1) is 6.92 Å². The maximum atomic E-state index is 12.4. The Kier molecular flexibility index (Phi) is 6.17. The molecule has 0 fully saturated rings. The van der Waals surface area contributed by atoms with Crippen molar-refractivity contribution in [1.29, 1.82) is 0 Å². The van der Waals surface area contributed by atoms with Crippen molar-refractivity contribution in [1.82, 2.24) is 10.2 Å². The van der Waals surface area contributed by atoms with Gasteiger partial charge in [-0.3, -0.25) is 4.79 Å². The molecule has 120 valence electrons. The molecule has 0 aliphatic carbocycles. The molecule has 1 unspecified atom stereocenters. The number of thiophene rings is 2. The second-order valence-corrected chi connectivity index (χ2v) is 7.72. The standard InChI is InChI=1S/C17H24N2OS2/c1-5-6-13-9-16(22-12(13)2)17(20)18-10-15(19(3)4)14-7-8-21-11-14/h7-9,11,15H,5-6,10H2,1-4H3,(H,18,20). The number of aryl methyl sites for hydroxylation is 2. The number of carbonyl (C=O) groups excluding carboxylic acids is 1. The predicted octanol–water partition coefficient (Wildman–Crippen LogP) is 4.10. The molecule has 1 N–H and O–H groups in total. The molecule has 1 amide bonds. The quantitative estimate of drug-likeness (QED) is 0.825. The minimum atomic E-state index is 0.0394. The summed E-state index contributed by atoms with van der Waals surface area (Å²) in [6.07, 6.45) is 2.16. The number of amides is 1. The number of carbonyl (C=O) groups is 1. The summed E-state index contributed by atoms with van der Waals surface area (Å²) in [6.45, 7) is 4.89. The van der Waals surface area contributed by atoms with Gasteiger partial charge >= 0.3 is 0 Å². The van der Waals surface area contributed by atoms with Gasteiger partial charge in [0.2, 0.25) is 0 Å². The first-order chi connectivity index (χ1) is 10.5. The first-order valence-corrected chi connectivity index (χ1v) is 9.34. The third kappa shape index (κ3) is 4.18. The average Bonchev–Trinajstić information content (AvgIpc) is 3.10. The van der Waals surface area contributed by atoms with E-state index in [4.69, 9.17) is 0 Å². The molecule has 0 saturated carbocycles. The zero-order valence-corrected chi connectivity index (χ0v) is 15.3. The van der Waals surface area contributed by atoms with E-state index in [2.05, 4.69) is 40.9 Å². The van der Waals surface area contributed by atoms with Crippen LogP contribution in [0.4, 0.5) is 0 Å². The molecule has 0 saturated heterocycles. The topological polar surface area (TPSA) is 32.3 Å². The number of hydrogen-bond acceptors (Lipinski definition) is 4. The normalized spacial score (nSPS) is 12.6. The molecule has 0 aliphatic heterocycles. The van der Waals surface area contributed by atoms with E-state index in [-0.39, 0.29) is 11.9 Å². The van der Waals surface area contributed by atoms with Crippen molar-refractivity contribution >= 4 is 28.6 Å². The zero-order valence-electron chi connectivity index (χ0n) is 13.7. The van der Waals surface area contributed by atoms with Crippen molar-refractivity contribution in [2.45, 2.75) is 32.7 Å². The summed E-state index contributed by atoms with van der Waals surface area (Å²) in [5.41, 5.74) is 2.56. The third-order valence-corrected chi connectivity index (χ3v) is 5.56. The highest BCUT2D eigenvalue weighted by Gasteiger charge is 2.17. The molecular formula is C17H24N2OS2. The molecule has 2 rings (SSSR count). The van der Waals surface area contributed by atoms with Gasteiger partial charge in [-0.2, -0.15) is 11.3 Å². The lowest BCUT2D eigenvalue weighted by molar-refractivity contribution is 0.0946. The van der Waals surface area contributed by atoms with Crippen LogP contribution in [-0.2, 0) is 6.42 Å². The van der Waals surface area contributed by atoms with E-state index in [1.54, 1.807) is 22.7 Å². The average molecular weight is 337 g/mol. The van der Waals surface area contributed by atoms with E-state index in [9.17, 15) is 4.79 Å². The number of hydrogen-bond donors (Lipinski definition) is 1. The van der Waals surface area contributed by atoms with Crippen molar-refractivity contribution in [2.24, 2.45) is 0 Å². The lowest BCUT2D eigenvalue weighted by atomic mass is 10.1. The van der Waals surface area contributed by atoms with Gasteiger partial charge in [-0.1, -0.05) is 13.3 Å². The molecule has 1 atom stereocenters. The first kappa shape index (κ1) is 17.2. The van der Waals surface area contributed by atoms with Gasteiger partial charge in [0.05, 0.1) is 10.9 Å².